The SMILES string of the molecule is C=NC(=N)NC1COC1. The van der Waals surface area contributed by atoms with Gasteiger partial charge in [0.2, 0.25) is 5.96 Å². The van der Waals surface area contributed by atoms with Gasteiger partial charge in [-0.25, -0.2) is 4.99 Å². The summed E-state index contributed by atoms with van der Waals surface area (Å²) >= 11 is 0. The fourth-order valence-electron chi connectivity index (χ4n) is 0.558. The Morgan fingerprint density at radius 2 is 2.44 bits per heavy atom. The molecule has 0 aromatic heterocycles. The summed E-state index contributed by atoms with van der Waals surface area (Å²) in [4.78, 5) is 3.38. The van der Waals surface area contributed by atoms with Gasteiger partial charge < -0.3 is 10.1 Å². The minimum Gasteiger partial charge on any atom is -0.377 e. The number of nitrogens with zero attached hydrogens (tertiary/aromatic N) is 1. The number of guanidine groups is 1. The second kappa shape index (κ2) is 2.59. The van der Waals surface area contributed by atoms with Crippen molar-refractivity contribution in [3.05, 3.63) is 0 Å². The molecule has 0 amide bonds. The van der Waals surface area contributed by atoms with E-state index >= 15 is 0 Å². The van der Waals surface area contributed by atoms with Gasteiger partial charge in [-0.15, -0.1) is 0 Å². The fourth-order valence-corrected chi connectivity index (χ4v) is 0.558. The lowest BCUT2D eigenvalue weighted by Crippen LogP contribution is -2.47. The van der Waals surface area contributed by atoms with Gasteiger partial charge in [0.15, 0.2) is 0 Å². The van der Waals surface area contributed by atoms with Crippen LogP contribution in [0.2, 0.25) is 0 Å². The van der Waals surface area contributed by atoms with E-state index in [4.69, 9.17) is 10.1 Å². The Morgan fingerprint density at radius 3 is 2.78 bits per heavy atom. The maximum atomic E-state index is 7.01. The largest absolute Gasteiger partial charge is 0.377 e. The highest BCUT2D eigenvalue weighted by atomic mass is 16.5. The lowest BCUT2D eigenvalue weighted by Gasteiger charge is -2.26. The minimum atomic E-state index is 0.128. The second-order valence-corrected chi connectivity index (χ2v) is 1.89. The van der Waals surface area contributed by atoms with Gasteiger partial charge in [-0.3, -0.25) is 5.41 Å². The first kappa shape index (κ1) is 6.22. The van der Waals surface area contributed by atoms with Crippen molar-refractivity contribution in [1.29, 1.82) is 5.41 Å². The molecule has 0 aromatic carbocycles. The molecular formula is C5H9N3O. The molecule has 9 heavy (non-hydrogen) atoms. The van der Waals surface area contributed by atoms with Crippen molar-refractivity contribution >= 4 is 12.7 Å². The van der Waals surface area contributed by atoms with Gasteiger partial charge in [-0.2, -0.15) is 0 Å². The smallest absolute Gasteiger partial charge is 0.214 e. The average Bonchev–Trinajstić information content (AvgIpc) is 1.78. The predicted molar refractivity (Wildman–Crippen MR) is 35.0 cm³/mol. The predicted octanol–water partition coefficient (Wildman–Crippen LogP) is -0.390. The summed E-state index contributed by atoms with van der Waals surface area (Å²) in [6.07, 6.45) is 0. The molecular weight excluding hydrogens is 118 g/mol. The summed E-state index contributed by atoms with van der Waals surface area (Å²) in [6, 6.07) is 0.281. The van der Waals surface area contributed by atoms with E-state index in [1.807, 2.05) is 0 Å². The molecule has 1 aliphatic rings. The van der Waals surface area contributed by atoms with Crippen molar-refractivity contribution in [2.24, 2.45) is 4.99 Å². The van der Waals surface area contributed by atoms with Crippen LogP contribution >= 0.6 is 0 Å². The standard InChI is InChI=1S/C5H9N3O/c1-7-5(6)8-4-2-9-3-4/h4H,1-3H2,(H2,6,8). The van der Waals surface area contributed by atoms with Gasteiger partial charge in [0.05, 0.1) is 19.3 Å². The van der Waals surface area contributed by atoms with E-state index in [1.54, 1.807) is 0 Å². The number of hydrogen-bond acceptors (Lipinski definition) is 2. The summed E-state index contributed by atoms with van der Waals surface area (Å²) in [6.45, 7) is 4.55. The van der Waals surface area contributed by atoms with Gasteiger partial charge in [0, 0.05) is 0 Å². The molecule has 0 radical (unpaired) electrons. The van der Waals surface area contributed by atoms with Crippen molar-refractivity contribution in [1.82, 2.24) is 5.32 Å². The quantitative estimate of drug-likeness (QED) is 0.372. The first-order chi connectivity index (χ1) is 4.33. The van der Waals surface area contributed by atoms with Crippen LogP contribution in [-0.2, 0) is 4.74 Å². The van der Waals surface area contributed by atoms with Crippen LogP contribution in [-0.4, -0.2) is 31.9 Å². The Hall–Kier alpha value is -0.900. The molecule has 1 heterocycles. The Bertz CT molecular complexity index is 130. The van der Waals surface area contributed by atoms with Gasteiger partial charge in [-0.05, 0) is 6.72 Å². The highest BCUT2D eigenvalue weighted by molar-refractivity contribution is 5.81. The van der Waals surface area contributed by atoms with E-state index in [0.717, 1.165) is 0 Å². The van der Waals surface area contributed by atoms with E-state index in [1.165, 1.54) is 0 Å². The van der Waals surface area contributed by atoms with E-state index in [-0.39, 0.29) is 12.0 Å². The topological polar surface area (TPSA) is 57.5 Å². The van der Waals surface area contributed by atoms with Crippen LogP contribution in [0, 0.1) is 5.41 Å². The molecule has 0 bridgehead atoms. The number of rotatable bonds is 1. The van der Waals surface area contributed by atoms with Gasteiger partial charge in [0.1, 0.15) is 0 Å². The molecule has 0 aliphatic carbocycles. The van der Waals surface area contributed by atoms with Crippen LogP contribution in [0.4, 0.5) is 0 Å². The van der Waals surface area contributed by atoms with Gasteiger partial charge in [0.25, 0.3) is 0 Å². The minimum absolute atomic E-state index is 0.128. The zero-order chi connectivity index (χ0) is 6.69. The molecule has 4 nitrogen and oxygen atoms in total. The zero-order valence-electron chi connectivity index (χ0n) is 5.05. The molecule has 1 rings (SSSR count). The van der Waals surface area contributed by atoms with Crippen molar-refractivity contribution in [3.63, 3.8) is 0 Å². The third-order valence-electron chi connectivity index (χ3n) is 1.14. The molecule has 1 saturated heterocycles. The normalized spacial score (nSPS) is 18.2. The Morgan fingerprint density at radius 1 is 1.78 bits per heavy atom. The zero-order valence-corrected chi connectivity index (χ0v) is 5.05. The molecule has 0 atom stereocenters. The van der Waals surface area contributed by atoms with Crippen LogP contribution < -0.4 is 5.32 Å². The lowest BCUT2D eigenvalue weighted by molar-refractivity contribution is 0.00303. The number of ether oxygens (including phenoxy) is 1. The maximum Gasteiger partial charge on any atom is 0.214 e. The molecule has 4 heteroatoms. The lowest BCUT2D eigenvalue weighted by atomic mass is 10.3. The van der Waals surface area contributed by atoms with E-state index in [0.29, 0.717) is 13.2 Å². The molecule has 2 N–H and O–H groups in total. The number of aliphatic imine (C=N–C) groups is 1. The van der Waals surface area contributed by atoms with E-state index in [9.17, 15) is 0 Å². The van der Waals surface area contributed by atoms with Crippen LogP contribution in [0.25, 0.3) is 0 Å². The van der Waals surface area contributed by atoms with Crippen LogP contribution in [0.1, 0.15) is 0 Å². The molecule has 0 spiro atoms. The summed E-state index contributed by atoms with van der Waals surface area (Å²) in [5.41, 5.74) is 0. The highest BCUT2D eigenvalue weighted by Crippen LogP contribution is 1.98. The third kappa shape index (κ3) is 1.50. The Kier molecular flexibility index (Phi) is 1.79. The van der Waals surface area contributed by atoms with Gasteiger partial charge >= 0.3 is 0 Å². The van der Waals surface area contributed by atoms with E-state index < -0.39 is 0 Å². The second-order valence-electron chi connectivity index (χ2n) is 1.89. The summed E-state index contributed by atoms with van der Waals surface area (Å²) in [5.74, 6) is 0.128. The molecule has 1 fully saturated rings. The Labute approximate surface area is 53.4 Å². The summed E-state index contributed by atoms with van der Waals surface area (Å²) < 4.78 is 4.86. The third-order valence-corrected chi connectivity index (χ3v) is 1.14. The molecule has 0 unspecified atom stereocenters. The number of hydrogen-bond donors (Lipinski definition) is 2. The number of nitrogens with one attached hydrogen (secondary N) is 2. The fraction of sp³-hybridized carbons (Fsp3) is 0.600. The van der Waals surface area contributed by atoms with Crippen molar-refractivity contribution < 1.29 is 4.74 Å². The summed E-state index contributed by atoms with van der Waals surface area (Å²) in [7, 11) is 0. The highest BCUT2D eigenvalue weighted by Gasteiger charge is 2.17. The molecule has 0 saturated carbocycles. The molecule has 0 aromatic rings. The van der Waals surface area contributed by atoms with Crippen LogP contribution in [0.5, 0.6) is 0 Å². The Balaban J connectivity index is 2.16. The first-order valence-corrected chi connectivity index (χ1v) is 2.72. The van der Waals surface area contributed by atoms with Crippen molar-refractivity contribution in [2.75, 3.05) is 13.2 Å². The first-order valence-electron chi connectivity index (χ1n) is 2.72. The van der Waals surface area contributed by atoms with Crippen LogP contribution in [0.3, 0.4) is 0 Å². The van der Waals surface area contributed by atoms with Crippen molar-refractivity contribution in [3.8, 4) is 0 Å². The summed E-state index contributed by atoms with van der Waals surface area (Å²) in [5, 5.41) is 9.80. The molecule has 1 aliphatic heterocycles. The van der Waals surface area contributed by atoms with Crippen LogP contribution in [0.15, 0.2) is 4.99 Å². The average molecular weight is 127 g/mol. The monoisotopic (exact) mass is 127 g/mol. The maximum absolute atomic E-state index is 7.01. The van der Waals surface area contributed by atoms with E-state index in [2.05, 4.69) is 17.0 Å². The molecule has 50 valence electrons. The van der Waals surface area contributed by atoms with Crippen molar-refractivity contribution in [2.45, 2.75) is 6.04 Å². The van der Waals surface area contributed by atoms with Gasteiger partial charge in [-0.1, -0.05) is 0 Å².